The fraction of sp³-hybridized carbons (Fsp3) is 0.727. The zero-order valence-corrected chi connectivity index (χ0v) is 15.3. The molecule has 0 N–H and O–H groups in total. The largest absolute Gasteiger partial charge is 0.490 e. The highest BCUT2D eigenvalue weighted by Crippen LogP contribution is 2.41. The van der Waals surface area contributed by atoms with E-state index in [0.29, 0.717) is 6.10 Å². The van der Waals surface area contributed by atoms with E-state index >= 15 is 0 Å². The molecule has 23 heavy (non-hydrogen) atoms. The van der Waals surface area contributed by atoms with Crippen LogP contribution in [0.4, 0.5) is 0 Å². The van der Waals surface area contributed by atoms with Crippen molar-refractivity contribution in [1.82, 2.24) is 0 Å². The standard InChI is InChI=1S/C22H34O/c1-4-18-6-8-19(9-7-18)20-10-12-21(13-11-20)23-22-14-5-16(2)15-17(22)3/h5,14-15,18-21H,4,6-13H2,1-3H3. The lowest BCUT2D eigenvalue weighted by Crippen LogP contribution is -2.30. The number of benzene rings is 1. The molecule has 1 nitrogen and oxygen atoms in total. The third-order valence-corrected chi connectivity index (χ3v) is 6.48. The van der Waals surface area contributed by atoms with Crippen molar-refractivity contribution in [1.29, 1.82) is 0 Å². The van der Waals surface area contributed by atoms with E-state index in [-0.39, 0.29) is 0 Å². The van der Waals surface area contributed by atoms with Crippen LogP contribution in [0.5, 0.6) is 5.75 Å². The lowest BCUT2D eigenvalue weighted by Gasteiger charge is -2.37. The third kappa shape index (κ3) is 4.31. The topological polar surface area (TPSA) is 9.23 Å². The summed E-state index contributed by atoms with van der Waals surface area (Å²) in [7, 11) is 0. The fourth-order valence-electron chi connectivity index (χ4n) is 4.86. The summed E-state index contributed by atoms with van der Waals surface area (Å²) in [6, 6.07) is 6.55. The molecule has 0 bridgehead atoms. The van der Waals surface area contributed by atoms with Crippen LogP contribution in [0.1, 0.15) is 75.8 Å². The van der Waals surface area contributed by atoms with Crippen LogP contribution in [0.2, 0.25) is 0 Å². The molecule has 0 unspecified atom stereocenters. The molecule has 0 radical (unpaired) electrons. The average Bonchev–Trinajstić information content (AvgIpc) is 2.58. The van der Waals surface area contributed by atoms with Crippen molar-refractivity contribution in [3.8, 4) is 5.75 Å². The van der Waals surface area contributed by atoms with Crippen LogP contribution >= 0.6 is 0 Å². The van der Waals surface area contributed by atoms with Crippen LogP contribution in [-0.2, 0) is 0 Å². The first kappa shape index (κ1) is 16.9. The zero-order valence-electron chi connectivity index (χ0n) is 15.3. The van der Waals surface area contributed by atoms with E-state index in [1.54, 1.807) is 0 Å². The van der Waals surface area contributed by atoms with Gasteiger partial charge in [0.1, 0.15) is 5.75 Å². The number of ether oxygens (including phenoxy) is 1. The Kier molecular flexibility index (Phi) is 5.67. The van der Waals surface area contributed by atoms with Gasteiger partial charge in [-0.15, -0.1) is 0 Å². The number of aryl methyl sites for hydroxylation is 2. The van der Waals surface area contributed by atoms with Gasteiger partial charge in [0, 0.05) is 0 Å². The van der Waals surface area contributed by atoms with Gasteiger partial charge in [-0.05, 0) is 81.8 Å². The first-order valence-corrected chi connectivity index (χ1v) is 9.89. The minimum Gasteiger partial charge on any atom is -0.490 e. The second-order valence-corrected chi connectivity index (χ2v) is 8.11. The quantitative estimate of drug-likeness (QED) is 0.620. The van der Waals surface area contributed by atoms with Gasteiger partial charge in [0.15, 0.2) is 0 Å². The van der Waals surface area contributed by atoms with E-state index in [2.05, 4.69) is 39.0 Å². The van der Waals surface area contributed by atoms with Crippen LogP contribution in [0.25, 0.3) is 0 Å². The second-order valence-electron chi connectivity index (χ2n) is 8.11. The van der Waals surface area contributed by atoms with E-state index in [0.717, 1.165) is 23.5 Å². The summed E-state index contributed by atoms with van der Waals surface area (Å²) < 4.78 is 6.31. The molecule has 2 aliphatic rings. The highest BCUT2D eigenvalue weighted by Gasteiger charge is 2.31. The average molecular weight is 315 g/mol. The molecule has 0 aliphatic heterocycles. The van der Waals surface area contributed by atoms with Gasteiger partial charge in [0.25, 0.3) is 0 Å². The van der Waals surface area contributed by atoms with Crippen LogP contribution < -0.4 is 4.74 Å². The smallest absolute Gasteiger partial charge is 0.122 e. The minimum atomic E-state index is 0.444. The van der Waals surface area contributed by atoms with Crippen LogP contribution in [0.3, 0.4) is 0 Å². The normalized spacial score (nSPS) is 31.8. The molecule has 2 saturated carbocycles. The van der Waals surface area contributed by atoms with E-state index in [9.17, 15) is 0 Å². The van der Waals surface area contributed by atoms with Gasteiger partial charge in [-0.3, -0.25) is 0 Å². The van der Waals surface area contributed by atoms with Crippen LogP contribution in [0, 0.1) is 31.6 Å². The van der Waals surface area contributed by atoms with Gasteiger partial charge >= 0.3 is 0 Å². The molecular weight excluding hydrogens is 280 g/mol. The number of rotatable bonds is 4. The van der Waals surface area contributed by atoms with Crippen molar-refractivity contribution in [2.75, 3.05) is 0 Å². The minimum absolute atomic E-state index is 0.444. The Morgan fingerprint density at radius 3 is 2.04 bits per heavy atom. The van der Waals surface area contributed by atoms with Gasteiger partial charge in [-0.1, -0.05) is 43.9 Å². The summed E-state index contributed by atoms with van der Waals surface area (Å²) in [6.07, 6.45) is 13.1. The van der Waals surface area contributed by atoms with Gasteiger partial charge in [-0.2, -0.15) is 0 Å². The van der Waals surface area contributed by atoms with Gasteiger partial charge in [-0.25, -0.2) is 0 Å². The number of hydrogen-bond donors (Lipinski definition) is 0. The monoisotopic (exact) mass is 314 g/mol. The molecule has 0 amide bonds. The third-order valence-electron chi connectivity index (χ3n) is 6.48. The molecule has 128 valence electrons. The summed E-state index contributed by atoms with van der Waals surface area (Å²) in [5, 5.41) is 0. The van der Waals surface area contributed by atoms with Crippen LogP contribution in [-0.4, -0.2) is 6.10 Å². The van der Waals surface area contributed by atoms with Gasteiger partial charge < -0.3 is 4.74 Å². The Morgan fingerprint density at radius 2 is 1.48 bits per heavy atom. The Hall–Kier alpha value is -0.980. The van der Waals surface area contributed by atoms with Crippen molar-refractivity contribution in [2.24, 2.45) is 17.8 Å². The Balaban J connectivity index is 1.47. The highest BCUT2D eigenvalue weighted by atomic mass is 16.5. The molecular formula is C22H34O. The first-order chi connectivity index (χ1) is 11.2. The zero-order chi connectivity index (χ0) is 16.2. The summed E-state index contributed by atoms with van der Waals surface area (Å²) in [4.78, 5) is 0. The summed E-state index contributed by atoms with van der Waals surface area (Å²) in [5.74, 6) is 4.12. The van der Waals surface area contributed by atoms with Crippen molar-refractivity contribution in [3.63, 3.8) is 0 Å². The van der Waals surface area contributed by atoms with E-state index in [4.69, 9.17) is 4.74 Å². The molecule has 0 atom stereocenters. The first-order valence-electron chi connectivity index (χ1n) is 9.89. The molecule has 2 fully saturated rings. The maximum absolute atomic E-state index is 6.31. The van der Waals surface area contributed by atoms with E-state index in [1.807, 2.05) is 0 Å². The number of hydrogen-bond acceptors (Lipinski definition) is 1. The SMILES string of the molecule is CCC1CCC(C2CCC(Oc3ccc(C)cc3C)CC2)CC1. The highest BCUT2D eigenvalue weighted by molar-refractivity contribution is 5.35. The second kappa shape index (κ2) is 7.73. The molecule has 2 aliphatic carbocycles. The molecule has 0 aromatic heterocycles. The predicted molar refractivity (Wildman–Crippen MR) is 98.0 cm³/mol. The van der Waals surface area contributed by atoms with Crippen LogP contribution in [0.15, 0.2) is 18.2 Å². The summed E-state index contributed by atoms with van der Waals surface area (Å²) in [5.41, 5.74) is 2.60. The van der Waals surface area contributed by atoms with Crippen molar-refractivity contribution in [3.05, 3.63) is 29.3 Å². The van der Waals surface area contributed by atoms with Crippen molar-refractivity contribution >= 4 is 0 Å². The maximum atomic E-state index is 6.31. The molecule has 1 aromatic carbocycles. The van der Waals surface area contributed by atoms with Gasteiger partial charge in [0.2, 0.25) is 0 Å². The Bertz CT molecular complexity index is 491. The molecule has 1 aromatic rings. The van der Waals surface area contributed by atoms with E-state index in [1.165, 1.54) is 68.9 Å². The molecule has 3 rings (SSSR count). The molecule has 0 heterocycles. The molecule has 0 spiro atoms. The lowest BCUT2D eigenvalue weighted by molar-refractivity contribution is 0.0915. The summed E-state index contributed by atoms with van der Waals surface area (Å²) in [6.45, 7) is 6.68. The molecule has 0 saturated heterocycles. The predicted octanol–water partition coefficient (Wildman–Crippen LogP) is 6.46. The fourth-order valence-corrected chi connectivity index (χ4v) is 4.86. The van der Waals surface area contributed by atoms with Gasteiger partial charge in [0.05, 0.1) is 6.10 Å². The molecule has 1 heteroatoms. The Labute approximate surface area is 142 Å². The Morgan fingerprint density at radius 1 is 0.870 bits per heavy atom. The summed E-state index contributed by atoms with van der Waals surface area (Å²) >= 11 is 0. The van der Waals surface area contributed by atoms with E-state index < -0.39 is 0 Å². The maximum Gasteiger partial charge on any atom is 0.122 e. The lowest BCUT2D eigenvalue weighted by atomic mass is 9.70. The van der Waals surface area contributed by atoms with Crippen molar-refractivity contribution < 1.29 is 4.74 Å². The van der Waals surface area contributed by atoms with Crippen molar-refractivity contribution in [2.45, 2.75) is 84.7 Å².